The lowest BCUT2D eigenvalue weighted by molar-refractivity contribution is -0.117. The van der Waals surface area contributed by atoms with Gasteiger partial charge in [0.2, 0.25) is 5.91 Å². The van der Waals surface area contributed by atoms with E-state index in [2.05, 4.69) is 26.2 Å². The van der Waals surface area contributed by atoms with Crippen molar-refractivity contribution in [1.82, 2.24) is 4.98 Å². The zero-order valence-corrected chi connectivity index (χ0v) is 16.5. The minimum Gasteiger partial charge on any atom is -0.326 e. The van der Waals surface area contributed by atoms with Crippen LogP contribution in [0.25, 0.3) is 11.1 Å². The van der Waals surface area contributed by atoms with Crippen molar-refractivity contribution in [3.63, 3.8) is 0 Å². The predicted molar refractivity (Wildman–Crippen MR) is 111 cm³/mol. The van der Waals surface area contributed by atoms with Crippen molar-refractivity contribution >= 4 is 27.5 Å². The highest BCUT2D eigenvalue weighted by molar-refractivity contribution is 9.10. The highest BCUT2D eigenvalue weighted by Crippen LogP contribution is 2.26. The number of alkyl halides is 1. The maximum absolute atomic E-state index is 13.0. The number of benzene rings is 2. The van der Waals surface area contributed by atoms with Gasteiger partial charge >= 0.3 is 0 Å². The van der Waals surface area contributed by atoms with Gasteiger partial charge < -0.3 is 5.32 Å². The maximum atomic E-state index is 13.0. The zero-order valence-electron chi connectivity index (χ0n) is 15.0. The number of hydrogen-bond donors (Lipinski definition) is 1. The van der Waals surface area contributed by atoms with Gasteiger partial charge in [0, 0.05) is 22.1 Å². The van der Waals surface area contributed by atoms with E-state index in [9.17, 15) is 9.18 Å². The molecule has 0 aliphatic rings. The molecule has 1 amide bonds. The second kappa shape index (κ2) is 8.91. The average Bonchev–Trinajstić information content (AvgIpc) is 2.66. The molecule has 0 aliphatic heterocycles. The number of carbonyl (C=O) groups excluding carboxylic acids is 1. The summed E-state index contributed by atoms with van der Waals surface area (Å²) in [5.74, 6) is -0.742. The van der Waals surface area contributed by atoms with Gasteiger partial charge in [0.05, 0.1) is 12.6 Å². The number of rotatable bonds is 6. The van der Waals surface area contributed by atoms with Crippen LogP contribution in [0.3, 0.4) is 0 Å². The van der Waals surface area contributed by atoms with Gasteiger partial charge in [-0.2, -0.15) is 0 Å². The summed E-state index contributed by atoms with van der Waals surface area (Å²) >= 11 is 3.40. The number of nitrogens with zero attached hydrogens (tertiary/aromatic N) is 1. The molecule has 1 unspecified atom stereocenters. The summed E-state index contributed by atoms with van der Waals surface area (Å²) in [6, 6.07) is 19.0. The molecule has 1 aromatic heterocycles. The Morgan fingerprint density at radius 2 is 1.89 bits per heavy atom. The predicted octanol–water partition coefficient (Wildman–Crippen LogP) is 5.90. The van der Waals surface area contributed by atoms with Gasteiger partial charge in [-0.3, -0.25) is 14.2 Å². The number of nitrogens with one attached hydrogen (secondary N) is 1. The molecule has 0 spiro atoms. The summed E-state index contributed by atoms with van der Waals surface area (Å²) in [6.07, 6.45) is 1.93. The first kappa shape index (κ1) is 19.2. The van der Waals surface area contributed by atoms with Crippen LogP contribution in [0.4, 0.5) is 10.1 Å². The number of hydrogen-bond acceptors (Lipinski definition) is 2. The third-order valence-electron chi connectivity index (χ3n) is 4.35. The van der Waals surface area contributed by atoms with Gasteiger partial charge in [0.1, 0.15) is 0 Å². The molecule has 0 saturated carbocycles. The lowest BCUT2D eigenvalue weighted by Gasteiger charge is -2.16. The molecule has 5 heteroatoms. The largest absolute Gasteiger partial charge is 0.326 e. The molecule has 0 aliphatic carbocycles. The molecule has 1 heterocycles. The molecule has 0 bridgehead atoms. The van der Waals surface area contributed by atoms with E-state index in [1.165, 1.54) is 0 Å². The van der Waals surface area contributed by atoms with Gasteiger partial charge in [-0.05, 0) is 66.4 Å². The first-order chi connectivity index (χ1) is 13.1. The van der Waals surface area contributed by atoms with E-state index < -0.39 is 12.6 Å². The quantitative estimate of drug-likeness (QED) is 0.532. The van der Waals surface area contributed by atoms with Crippen molar-refractivity contribution in [3.05, 3.63) is 82.6 Å². The number of anilines is 1. The Morgan fingerprint density at radius 3 is 2.56 bits per heavy atom. The molecular formula is C22H20BrFN2O. The van der Waals surface area contributed by atoms with Gasteiger partial charge in [0.15, 0.2) is 0 Å². The molecule has 0 saturated heterocycles. The third-order valence-corrected chi connectivity index (χ3v) is 4.84. The first-order valence-electron chi connectivity index (χ1n) is 8.72. The first-order valence-corrected chi connectivity index (χ1v) is 9.51. The Bertz CT molecular complexity index is 928. The van der Waals surface area contributed by atoms with Crippen LogP contribution in [0, 0.1) is 6.92 Å². The number of carbonyl (C=O) groups is 1. The van der Waals surface area contributed by atoms with E-state index >= 15 is 0 Å². The monoisotopic (exact) mass is 426 g/mol. The summed E-state index contributed by atoms with van der Waals surface area (Å²) < 4.78 is 13.9. The van der Waals surface area contributed by atoms with Crippen LogP contribution >= 0.6 is 15.9 Å². The van der Waals surface area contributed by atoms with Crippen molar-refractivity contribution < 1.29 is 9.18 Å². The minimum atomic E-state index is -0.551. The van der Waals surface area contributed by atoms with Gasteiger partial charge in [-0.15, -0.1) is 0 Å². The van der Waals surface area contributed by atoms with Crippen molar-refractivity contribution in [3.8, 4) is 11.1 Å². The van der Waals surface area contributed by atoms with Crippen LogP contribution in [0.1, 0.15) is 23.6 Å². The molecule has 138 valence electrons. The van der Waals surface area contributed by atoms with E-state index in [1.54, 1.807) is 6.20 Å². The zero-order chi connectivity index (χ0) is 19.2. The summed E-state index contributed by atoms with van der Waals surface area (Å²) in [4.78, 5) is 16.9. The van der Waals surface area contributed by atoms with E-state index in [-0.39, 0.29) is 12.3 Å². The van der Waals surface area contributed by atoms with Crippen molar-refractivity contribution in [2.45, 2.75) is 19.3 Å². The molecular weight excluding hydrogens is 407 g/mol. The summed E-state index contributed by atoms with van der Waals surface area (Å²) in [7, 11) is 0. The molecule has 1 N–H and O–H groups in total. The van der Waals surface area contributed by atoms with Crippen LogP contribution in [0.5, 0.6) is 0 Å². The van der Waals surface area contributed by atoms with Crippen LogP contribution in [-0.4, -0.2) is 17.6 Å². The fourth-order valence-corrected chi connectivity index (χ4v) is 3.40. The van der Waals surface area contributed by atoms with E-state index in [0.717, 1.165) is 26.9 Å². The Morgan fingerprint density at radius 1 is 1.11 bits per heavy atom. The standard InChI is InChI=1S/C22H20BrFN2O/c1-15-13-17(10-12-25-15)16-5-7-20(8-6-16)26-22(27)21(9-11-24)18-3-2-4-19(23)14-18/h2-8,10,12-14,21H,9,11H2,1H3,(H,26,27). The normalized spacial score (nSPS) is 11.8. The minimum absolute atomic E-state index is 0.149. The van der Waals surface area contributed by atoms with Crippen molar-refractivity contribution in [1.29, 1.82) is 0 Å². The fourth-order valence-electron chi connectivity index (χ4n) is 2.98. The van der Waals surface area contributed by atoms with Crippen molar-refractivity contribution in [2.75, 3.05) is 12.0 Å². The third kappa shape index (κ3) is 5.01. The smallest absolute Gasteiger partial charge is 0.232 e. The highest BCUT2D eigenvalue weighted by atomic mass is 79.9. The Balaban J connectivity index is 1.76. The average molecular weight is 427 g/mol. The molecule has 1 atom stereocenters. The molecule has 3 aromatic rings. The van der Waals surface area contributed by atoms with Gasteiger partial charge in [0.25, 0.3) is 0 Å². The lowest BCUT2D eigenvalue weighted by atomic mass is 9.95. The second-order valence-corrected chi connectivity index (χ2v) is 7.25. The number of aryl methyl sites for hydroxylation is 1. The fraction of sp³-hybridized carbons (Fsp3) is 0.182. The molecule has 0 radical (unpaired) electrons. The molecule has 3 rings (SSSR count). The number of pyridine rings is 1. The van der Waals surface area contributed by atoms with E-state index in [4.69, 9.17) is 0 Å². The number of aromatic nitrogens is 1. The SMILES string of the molecule is Cc1cc(-c2ccc(NC(=O)C(CCF)c3cccc(Br)c3)cc2)ccn1. The Kier molecular flexibility index (Phi) is 6.35. The van der Waals surface area contributed by atoms with Crippen LogP contribution in [0.15, 0.2) is 71.3 Å². The van der Waals surface area contributed by atoms with Crippen molar-refractivity contribution in [2.24, 2.45) is 0 Å². The van der Waals surface area contributed by atoms with Crippen LogP contribution in [0.2, 0.25) is 0 Å². The molecule has 0 fully saturated rings. The topological polar surface area (TPSA) is 42.0 Å². The second-order valence-electron chi connectivity index (χ2n) is 6.34. The highest BCUT2D eigenvalue weighted by Gasteiger charge is 2.21. The van der Waals surface area contributed by atoms with Gasteiger partial charge in [-0.25, -0.2) is 0 Å². The van der Waals surface area contributed by atoms with Crippen LogP contribution in [-0.2, 0) is 4.79 Å². The van der Waals surface area contributed by atoms with E-state index in [0.29, 0.717) is 5.69 Å². The van der Waals surface area contributed by atoms with E-state index in [1.807, 2.05) is 67.6 Å². The molecule has 2 aromatic carbocycles. The number of amides is 1. The Labute approximate surface area is 166 Å². The van der Waals surface area contributed by atoms with Crippen LogP contribution < -0.4 is 5.32 Å². The summed E-state index contributed by atoms with van der Waals surface area (Å²) in [5, 5.41) is 2.90. The maximum Gasteiger partial charge on any atom is 0.232 e. The summed E-state index contributed by atoms with van der Waals surface area (Å²) in [5.41, 5.74) is 4.56. The molecule has 3 nitrogen and oxygen atoms in total. The summed E-state index contributed by atoms with van der Waals surface area (Å²) in [6.45, 7) is 1.40. The number of halogens is 2. The molecule has 27 heavy (non-hydrogen) atoms. The lowest BCUT2D eigenvalue weighted by Crippen LogP contribution is -2.21. The Hall–Kier alpha value is -2.53. The van der Waals surface area contributed by atoms with Gasteiger partial charge in [-0.1, -0.05) is 40.2 Å².